The van der Waals surface area contributed by atoms with Gasteiger partial charge in [0, 0.05) is 4.47 Å². The highest BCUT2D eigenvalue weighted by molar-refractivity contribution is 9.10. The zero-order chi connectivity index (χ0) is 12.3. The number of allylic oxidation sites excluding steroid dienone is 1. The Labute approximate surface area is 116 Å². The van der Waals surface area contributed by atoms with E-state index in [-0.39, 0.29) is 0 Å². The maximum atomic E-state index is 6.16. The van der Waals surface area contributed by atoms with Crippen LogP contribution >= 0.6 is 27.5 Å². The summed E-state index contributed by atoms with van der Waals surface area (Å²) in [6.45, 7) is 0. The minimum absolute atomic E-state index is 0.306. The first kappa shape index (κ1) is 13.1. The number of nitrogens with one attached hydrogen (secondary N) is 1. The molecule has 0 aliphatic heterocycles. The van der Waals surface area contributed by atoms with Crippen molar-refractivity contribution in [1.29, 1.82) is 0 Å². The molecule has 1 aliphatic rings. The van der Waals surface area contributed by atoms with Crippen molar-refractivity contribution in [2.45, 2.75) is 31.7 Å². The number of hydrogen-bond acceptors (Lipinski definition) is 1. The molecule has 1 unspecified atom stereocenters. The second-order valence-electron chi connectivity index (χ2n) is 4.42. The number of benzene rings is 1. The van der Waals surface area contributed by atoms with Gasteiger partial charge in [-0.2, -0.15) is 0 Å². The molecule has 2 rings (SSSR count). The summed E-state index contributed by atoms with van der Waals surface area (Å²) < 4.78 is 0.954. The number of rotatable bonds is 3. The topological polar surface area (TPSA) is 12.0 Å². The van der Waals surface area contributed by atoms with E-state index in [9.17, 15) is 0 Å². The van der Waals surface area contributed by atoms with E-state index < -0.39 is 0 Å². The van der Waals surface area contributed by atoms with Crippen molar-refractivity contribution in [3.63, 3.8) is 0 Å². The fourth-order valence-electron chi connectivity index (χ4n) is 2.38. The molecule has 0 heterocycles. The molecule has 0 fully saturated rings. The maximum absolute atomic E-state index is 6.16. The third-order valence-electron chi connectivity index (χ3n) is 3.26. The zero-order valence-electron chi connectivity index (χ0n) is 9.97. The quantitative estimate of drug-likeness (QED) is 0.785. The lowest BCUT2D eigenvalue weighted by molar-refractivity contribution is 0.593. The largest absolute Gasteiger partial charge is 0.310 e. The molecule has 0 saturated heterocycles. The third kappa shape index (κ3) is 3.12. The lowest BCUT2D eigenvalue weighted by atomic mass is 9.90. The van der Waals surface area contributed by atoms with Crippen molar-refractivity contribution in [2.75, 3.05) is 7.05 Å². The molecule has 17 heavy (non-hydrogen) atoms. The molecule has 0 spiro atoms. The first-order valence-corrected chi connectivity index (χ1v) is 7.20. The Kier molecular flexibility index (Phi) is 4.66. The predicted octanol–water partition coefficient (Wildman–Crippen LogP) is 4.86. The molecule has 0 radical (unpaired) electrons. The highest BCUT2D eigenvalue weighted by atomic mass is 79.9. The second kappa shape index (κ2) is 6.03. The summed E-state index contributed by atoms with van der Waals surface area (Å²) >= 11 is 9.59. The SMILES string of the molecule is CNC(C1=CCCCC1)c1ccc(Br)c(Cl)c1. The third-order valence-corrected chi connectivity index (χ3v) is 4.50. The molecular formula is C14H17BrClN. The minimum Gasteiger partial charge on any atom is -0.310 e. The normalized spacial score (nSPS) is 17.7. The van der Waals surface area contributed by atoms with E-state index in [0.29, 0.717) is 6.04 Å². The molecule has 1 aliphatic carbocycles. The van der Waals surface area contributed by atoms with Crippen LogP contribution in [0.3, 0.4) is 0 Å². The lowest BCUT2D eigenvalue weighted by Crippen LogP contribution is -2.19. The molecular weight excluding hydrogens is 298 g/mol. The molecule has 0 saturated carbocycles. The van der Waals surface area contributed by atoms with Crippen molar-refractivity contribution >= 4 is 27.5 Å². The molecule has 1 aromatic carbocycles. The van der Waals surface area contributed by atoms with Gasteiger partial charge >= 0.3 is 0 Å². The van der Waals surface area contributed by atoms with Gasteiger partial charge in [0.15, 0.2) is 0 Å². The Morgan fingerprint density at radius 1 is 1.35 bits per heavy atom. The molecule has 92 valence electrons. The van der Waals surface area contributed by atoms with Gasteiger partial charge in [-0.25, -0.2) is 0 Å². The van der Waals surface area contributed by atoms with Crippen LogP contribution in [0.4, 0.5) is 0 Å². The summed E-state index contributed by atoms with van der Waals surface area (Å²) in [6.07, 6.45) is 7.40. The van der Waals surface area contributed by atoms with E-state index in [2.05, 4.69) is 33.4 Å². The van der Waals surface area contributed by atoms with Gasteiger partial charge < -0.3 is 5.32 Å². The van der Waals surface area contributed by atoms with Gasteiger partial charge in [-0.05, 0) is 66.4 Å². The zero-order valence-corrected chi connectivity index (χ0v) is 12.3. The Hall–Kier alpha value is -0.310. The summed E-state index contributed by atoms with van der Waals surface area (Å²) in [5, 5.41) is 4.17. The minimum atomic E-state index is 0.306. The van der Waals surface area contributed by atoms with Gasteiger partial charge in [-0.15, -0.1) is 0 Å². The van der Waals surface area contributed by atoms with Crippen LogP contribution in [-0.2, 0) is 0 Å². The van der Waals surface area contributed by atoms with Gasteiger partial charge in [0.1, 0.15) is 0 Å². The molecule has 1 aromatic rings. The van der Waals surface area contributed by atoms with E-state index in [0.717, 1.165) is 9.50 Å². The van der Waals surface area contributed by atoms with Crippen LogP contribution in [0.5, 0.6) is 0 Å². The number of hydrogen-bond donors (Lipinski definition) is 1. The van der Waals surface area contributed by atoms with Crippen molar-refractivity contribution < 1.29 is 0 Å². The smallest absolute Gasteiger partial charge is 0.0551 e. The van der Waals surface area contributed by atoms with Gasteiger partial charge in [-0.1, -0.05) is 29.3 Å². The summed E-state index contributed by atoms with van der Waals surface area (Å²) in [4.78, 5) is 0. The average molecular weight is 315 g/mol. The standard InChI is InChI=1S/C14H17BrClN/c1-17-14(10-5-3-2-4-6-10)11-7-8-12(15)13(16)9-11/h5,7-9,14,17H,2-4,6H2,1H3. The second-order valence-corrected chi connectivity index (χ2v) is 5.68. The van der Waals surface area contributed by atoms with E-state index >= 15 is 0 Å². The molecule has 0 aromatic heterocycles. The van der Waals surface area contributed by atoms with Crippen LogP contribution in [0, 0.1) is 0 Å². The van der Waals surface area contributed by atoms with Crippen LogP contribution in [-0.4, -0.2) is 7.05 Å². The molecule has 3 heteroatoms. The fourth-order valence-corrected chi connectivity index (χ4v) is 2.82. The monoisotopic (exact) mass is 313 g/mol. The van der Waals surface area contributed by atoms with Crippen molar-refractivity contribution in [1.82, 2.24) is 5.32 Å². The van der Waals surface area contributed by atoms with Crippen LogP contribution in [0.25, 0.3) is 0 Å². The summed E-state index contributed by atoms with van der Waals surface area (Å²) in [5.41, 5.74) is 2.74. The lowest BCUT2D eigenvalue weighted by Gasteiger charge is -2.23. The van der Waals surface area contributed by atoms with E-state index in [1.807, 2.05) is 19.2 Å². The summed E-state index contributed by atoms with van der Waals surface area (Å²) in [7, 11) is 2.01. The highest BCUT2D eigenvalue weighted by Gasteiger charge is 2.17. The number of halogens is 2. The van der Waals surface area contributed by atoms with Gasteiger partial charge in [0.05, 0.1) is 11.1 Å². The molecule has 0 bridgehead atoms. The highest BCUT2D eigenvalue weighted by Crippen LogP contribution is 2.32. The van der Waals surface area contributed by atoms with Gasteiger partial charge in [-0.3, -0.25) is 0 Å². The van der Waals surface area contributed by atoms with Crippen molar-refractivity contribution in [3.8, 4) is 0 Å². The van der Waals surface area contributed by atoms with Crippen LogP contribution in [0.1, 0.15) is 37.3 Å². The number of likely N-dealkylation sites (N-methyl/N-ethyl adjacent to an activating group) is 1. The van der Waals surface area contributed by atoms with Gasteiger partial charge in [0.2, 0.25) is 0 Å². The predicted molar refractivity (Wildman–Crippen MR) is 77.5 cm³/mol. The Bertz CT molecular complexity index is 428. The van der Waals surface area contributed by atoms with Crippen LogP contribution in [0.15, 0.2) is 34.3 Å². The molecule has 1 N–H and O–H groups in total. The van der Waals surface area contributed by atoms with Crippen LogP contribution < -0.4 is 5.32 Å². The van der Waals surface area contributed by atoms with E-state index in [1.54, 1.807) is 0 Å². The summed E-state index contributed by atoms with van der Waals surface area (Å²) in [6, 6.07) is 6.50. The Balaban J connectivity index is 2.28. The van der Waals surface area contributed by atoms with Crippen LogP contribution in [0.2, 0.25) is 5.02 Å². The molecule has 1 atom stereocenters. The fraction of sp³-hybridized carbons (Fsp3) is 0.429. The Morgan fingerprint density at radius 2 is 2.18 bits per heavy atom. The maximum Gasteiger partial charge on any atom is 0.0551 e. The first-order valence-electron chi connectivity index (χ1n) is 6.03. The van der Waals surface area contributed by atoms with Gasteiger partial charge in [0.25, 0.3) is 0 Å². The average Bonchev–Trinajstić information content (AvgIpc) is 2.36. The van der Waals surface area contributed by atoms with Crippen molar-refractivity contribution in [3.05, 3.63) is 44.9 Å². The molecule has 1 nitrogen and oxygen atoms in total. The van der Waals surface area contributed by atoms with E-state index in [1.165, 1.54) is 36.8 Å². The van der Waals surface area contributed by atoms with Crippen molar-refractivity contribution in [2.24, 2.45) is 0 Å². The Morgan fingerprint density at radius 3 is 2.76 bits per heavy atom. The summed E-state index contributed by atoms with van der Waals surface area (Å²) in [5.74, 6) is 0. The molecule has 0 amide bonds. The first-order chi connectivity index (χ1) is 8.22. The van der Waals surface area contributed by atoms with E-state index in [4.69, 9.17) is 11.6 Å².